The average Bonchev–Trinajstić information content (AvgIpc) is 2.18. The van der Waals surface area contributed by atoms with E-state index in [-0.39, 0.29) is 5.56 Å². The number of aliphatic hydroxyl groups excluding tert-OH is 1. The van der Waals surface area contributed by atoms with E-state index < -0.39 is 24.4 Å². The van der Waals surface area contributed by atoms with Gasteiger partial charge in [0.25, 0.3) is 5.92 Å². The van der Waals surface area contributed by atoms with Crippen LogP contribution in [0.25, 0.3) is 0 Å². The van der Waals surface area contributed by atoms with Crippen molar-refractivity contribution >= 4 is 0 Å². The molecule has 0 aliphatic carbocycles. The molecule has 0 bridgehead atoms. The third-order valence-corrected chi connectivity index (χ3v) is 1.86. The first-order valence-corrected chi connectivity index (χ1v) is 3.99. The first-order valence-electron chi connectivity index (χ1n) is 3.99. The number of hydrogen-bond donors (Lipinski definition) is 2. The van der Waals surface area contributed by atoms with Crippen molar-refractivity contribution in [2.45, 2.75) is 12.0 Å². The Morgan fingerprint density at radius 1 is 1.29 bits per heavy atom. The van der Waals surface area contributed by atoms with Gasteiger partial charge in [-0.1, -0.05) is 12.1 Å². The summed E-state index contributed by atoms with van der Waals surface area (Å²) >= 11 is 0. The van der Waals surface area contributed by atoms with Crippen LogP contribution < -0.4 is 5.73 Å². The van der Waals surface area contributed by atoms with Crippen LogP contribution in [-0.4, -0.2) is 17.6 Å². The van der Waals surface area contributed by atoms with Gasteiger partial charge in [-0.05, 0) is 17.7 Å². The lowest BCUT2D eigenvalue weighted by Gasteiger charge is -2.20. The summed E-state index contributed by atoms with van der Waals surface area (Å²) in [5, 5.41) is 9.19. The van der Waals surface area contributed by atoms with Gasteiger partial charge in [0.1, 0.15) is 11.9 Å². The highest BCUT2D eigenvalue weighted by Crippen LogP contribution is 2.30. The third-order valence-electron chi connectivity index (χ3n) is 1.86. The molecule has 5 heteroatoms. The molecule has 0 heterocycles. The molecule has 78 valence electrons. The average molecular weight is 205 g/mol. The molecule has 3 N–H and O–H groups in total. The monoisotopic (exact) mass is 205 g/mol. The van der Waals surface area contributed by atoms with E-state index in [1.54, 1.807) is 0 Å². The van der Waals surface area contributed by atoms with Crippen LogP contribution in [0.15, 0.2) is 24.3 Å². The van der Waals surface area contributed by atoms with Crippen molar-refractivity contribution in [3.8, 4) is 0 Å². The summed E-state index contributed by atoms with van der Waals surface area (Å²) in [6, 6.07) is 4.21. The predicted octanol–water partition coefficient (Wildman–Crippen LogP) is 1.45. The van der Waals surface area contributed by atoms with Crippen LogP contribution in [0.4, 0.5) is 13.2 Å². The first-order chi connectivity index (χ1) is 6.47. The Hall–Kier alpha value is -1.07. The molecule has 0 fully saturated rings. The minimum Gasteiger partial charge on any atom is -0.382 e. The number of alkyl halides is 2. The van der Waals surface area contributed by atoms with Gasteiger partial charge in [0, 0.05) is 0 Å². The molecule has 0 aliphatic rings. The molecule has 2 nitrogen and oxygen atoms in total. The van der Waals surface area contributed by atoms with Gasteiger partial charge in [0.15, 0.2) is 0 Å². The fourth-order valence-electron chi connectivity index (χ4n) is 1.00. The molecule has 0 radical (unpaired) electrons. The molecule has 0 unspecified atom stereocenters. The Kier molecular flexibility index (Phi) is 3.13. The van der Waals surface area contributed by atoms with Gasteiger partial charge >= 0.3 is 0 Å². The second kappa shape index (κ2) is 3.98. The fraction of sp³-hybridized carbons (Fsp3) is 0.333. The van der Waals surface area contributed by atoms with Crippen LogP contribution in [0.5, 0.6) is 0 Å². The Balaban J connectivity index is 2.89. The molecule has 0 aromatic heterocycles. The highest BCUT2D eigenvalue weighted by atomic mass is 19.3. The first kappa shape index (κ1) is 11.0. The van der Waals surface area contributed by atoms with Gasteiger partial charge in [0.2, 0.25) is 0 Å². The second-order valence-corrected chi connectivity index (χ2v) is 2.92. The molecule has 1 rings (SSSR count). The molecule has 0 saturated carbocycles. The molecule has 14 heavy (non-hydrogen) atoms. The summed E-state index contributed by atoms with van der Waals surface area (Å²) in [5.41, 5.74) is 4.74. The van der Waals surface area contributed by atoms with Crippen molar-refractivity contribution < 1.29 is 18.3 Å². The van der Waals surface area contributed by atoms with E-state index in [1.807, 2.05) is 0 Å². The van der Waals surface area contributed by atoms with Crippen LogP contribution in [-0.2, 0) is 0 Å². The molecule has 0 saturated heterocycles. The van der Waals surface area contributed by atoms with Crippen LogP contribution in [0.1, 0.15) is 11.7 Å². The normalized spacial score (nSPS) is 14.1. The van der Waals surface area contributed by atoms with Crippen molar-refractivity contribution in [3.05, 3.63) is 35.6 Å². The quantitative estimate of drug-likeness (QED) is 0.784. The standard InChI is InChI=1S/C9H10F3NO/c10-7-3-1-6(2-4-7)8(14)9(11,12)5-13/h1-4,8,14H,5,13H2/t8-/m0/s1. The van der Waals surface area contributed by atoms with E-state index in [0.29, 0.717) is 0 Å². The summed E-state index contributed by atoms with van der Waals surface area (Å²) in [7, 11) is 0. The summed E-state index contributed by atoms with van der Waals surface area (Å²) in [4.78, 5) is 0. The zero-order chi connectivity index (χ0) is 10.8. The lowest BCUT2D eigenvalue weighted by Crippen LogP contribution is -2.34. The predicted molar refractivity (Wildman–Crippen MR) is 45.4 cm³/mol. The highest BCUT2D eigenvalue weighted by molar-refractivity contribution is 5.20. The van der Waals surface area contributed by atoms with Crippen molar-refractivity contribution in [1.29, 1.82) is 0 Å². The minimum absolute atomic E-state index is 0.0538. The number of nitrogens with two attached hydrogens (primary N) is 1. The summed E-state index contributed by atoms with van der Waals surface area (Å²) in [5.74, 6) is -3.94. The van der Waals surface area contributed by atoms with Crippen LogP contribution >= 0.6 is 0 Å². The van der Waals surface area contributed by atoms with Crippen LogP contribution in [0.3, 0.4) is 0 Å². The van der Waals surface area contributed by atoms with E-state index in [0.717, 1.165) is 24.3 Å². The van der Waals surface area contributed by atoms with Crippen molar-refractivity contribution in [2.75, 3.05) is 6.54 Å². The van der Waals surface area contributed by atoms with E-state index in [1.165, 1.54) is 0 Å². The van der Waals surface area contributed by atoms with Crippen molar-refractivity contribution in [1.82, 2.24) is 0 Å². The SMILES string of the molecule is NCC(F)(F)[C@@H](O)c1ccc(F)cc1. The lowest BCUT2D eigenvalue weighted by atomic mass is 10.0. The molecule has 0 spiro atoms. The van der Waals surface area contributed by atoms with Gasteiger partial charge in [-0.2, -0.15) is 0 Å². The van der Waals surface area contributed by atoms with E-state index in [2.05, 4.69) is 0 Å². The summed E-state index contributed by atoms with van der Waals surface area (Å²) in [6.45, 7) is -0.953. The van der Waals surface area contributed by atoms with Gasteiger partial charge in [0.05, 0.1) is 6.54 Å². The highest BCUT2D eigenvalue weighted by Gasteiger charge is 2.37. The summed E-state index contributed by atoms with van der Waals surface area (Å²) < 4.78 is 38.2. The Morgan fingerprint density at radius 2 is 1.79 bits per heavy atom. The third kappa shape index (κ3) is 2.24. The minimum atomic E-state index is -3.39. The van der Waals surface area contributed by atoms with Crippen molar-refractivity contribution in [2.24, 2.45) is 5.73 Å². The fourth-order valence-corrected chi connectivity index (χ4v) is 1.00. The summed E-state index contributed by atoms with van der Waals surface area (Å²) in [6.07, 6.45) is -1.99. The second-order valence-electron chi connectivity index (χ2n) is 2.92. The van der Waals surface area contributed by atoms with E-state index in [9.17, 15) is 18.3 Å². The molecule has 1 aromatic carbocycles. The van der Waals surface area contributed by atoms with E-state index >= 15 is 0 Å². The Labute approximate surface area is 79.2 Å². The zero-order valence-corrected chi connectivity index (χ0v) is 7.25. The molecule has 1 aromatic rings. The lowest BCUT2D eigenvalue weighted by molar-refractivity contribution is -0.102. The number of hydrogen-bond acceptors (Lipinski definition) is 2. The zero-order valence-electron chi connectivity index (χ0n) is 7.25. The maximum Gasteiger partial charge on any atom is 0.289 e. The number of rotatable bonds is 3. The smallest absolute Gasteiger partial charge is 0.289 e. The molecule has 0 amide bonds. The molecular formula is C9H10F3NO. The maximum atomic E-state index is 12.9. The topological polar surface area (TPSA) is 46.2 Å². The van der Waals surface area contributed by atoms with Crippen LogP contribution in [0, 0.1) is 5.82 Å². The van der Waals surface area contributed by atoms with Gasteiger partial charge in [-0.15, -0.1) is 0 Å². The largest absolute Gasteiger partial charge is 0.382 e. The Bertz CT molecular complexity index is 299. The van der Waals surface area contributed by atoms with Gasteiger partial charge < -0.3 is 10.8 Å². The molecular weight excluding hydrogens is 195 g/mol. The number of aliphatic hydroxyl groups is 1. The van der Waals surface area contributed by atoms with Gasteiger partial charge in [-0.3, -0.25) is 0 Å². The number of halogens is 3. The van der Waals surface area contributed by atoms with Crippen molar-refractivity contribution in [3.63, 3.8) is 0 Å². The van der Waals surface area contributed by atoms with Gasteiger partial charge in [-0.25, -0.2) is 13.2 Å². The number of benzene rings is 1. The molecule has 1 atom stereocenters. The maximum absolute atomic E-state index is 12.9. The van der Waals surface area contributed by atoms with Crippen LogP contribution in [0.2, 0.25) is 0 Å². The van der Waals surface area contributed by atoms with E-state index in [4.69, 9.17) is 5.73 Å². The molecule has 0 aliphatic heterocycles. The Morgan fingerprint density at radius 3 is 2.21 bits per heavy atom.